The lowest BCUT2D eigenvalue weighted by molar-refractivity contribution is 0.261. The van der Waals surface area contributed by atoms with Crippen LogP contribution in [0.2, 0.25) is 0 Å². The molecule has 0 spiro atoms. The van der Waals surface area contributed by atoms with Crippen LogP contribution in [-0.4, -0.2) is 37.6 Å². The zero-order valence-electron chi connectivity index (χ0n) is 7.51. The highest BCUT2D eigenvalue weighted by atomic mass is 15.2. The molecule has 2 rings (SSSR count). The van der Waals surface area contributed by atoms with Crippen molar-refractivity contribution >= 4 is 0 Å². The van der Waals surface area contributed by atoms with E-state index in [1.165, 1.54) is 26.1 Å². The van der Waals surface area contributed by atoms with Gasteiger partial charge in [0.25, 0.3) is 0 Å². The van der Waals surface area contributed by atoms with Crippen LogP contribution < -0.4 is 5.32 Å². The zero-order valence-corrected chi connectivity index (χ0v) is 7.51. The van der Waals surface area contributed by atoms with Crippen LogP contribution in [0.25, 0.3) is 0 Å². The molecular weight excluding hydrogens is 136 g/mol. The average molecular weight is 154 g/mol. The van der Waals surface area contributed by atoms with Gasteiger partial charge < -0.3 is 10.2 Å². The Balaban J connectivity index is 2.05. The normalized spacial score (nSPS) is 45.8. The molecule has 1 N–H and O–H groups in total. The topological polar surface area (TPSA) is 15.3 Å². The first kappa shape index (κ1) is 7.56. The fraction of sp³-hybridized carbons (Fsp3) is 1.00. The van der Waals surface area contributed by atoms with Crippen molar-refractivity contribution in [1.29, 1.82) is 0 Å². The lowest BCUT2D eigenvalue weighted by atomic mass is 9.86. The highest BCUT2D eigenvalue weighted by molar-refractivity contribution is 4.92. The van der Waals surface area contributed by atoms with Gasteiger partial charge in [-0.3, -0.25) is 0 Å². The van der Waals surface area contributed by atoms with Crippen molar-refractivity contribution in [3.05, 3.63) is 0 Å². The van der Waals surface area contributed by atoms with E-state index in [4.69, 9.17) is 0 Å². The summed E-state index contributed by atoms with van der Waals surface area (Å²) >= 11 is 0. The van der Waals surface area contributed by atoms with Crippen LogP contribution in [0.3, 0.4) is 0 Å². The molecule has 0 radical (unpaired) electrons. The third-order valence-electron chi connectivity index (χ3n) is 3.50. The Morgan fingerprint density at radius 3 is 3.00 bits per heavy atom. The van der Waals surface area contributed by atoms with Crippen molar-refractivity contribution in [3.63, 3.8) is 0 Å². The summed E-state index contributed by atoms with van der Waals surface area (Å²) in [6.45, 7) is 6.16. The van der Waals surface area contributed by atoms with Crippen molar-refractivity contribution in [3.8, 4) is 0 Å². The van der Waals surface area contributed by atoms with E-state index in [1.807, 2.05) is 0 Å². The van der Waals surface area contributed by atoms with Gasteiger partial charge in [-0.15, -0.1) is 0 Å². The summed E-state index contributed by atoms with van der Waals surface area (Å²) in [5, 5.41) is 3.47. The van der Waals surface area contributed by atoms with E-state index in [1.54, 1.807) is 0 Å². The van der Waals surface area contributed by atoms with Crippen LogP contribution in [0.4, 0.5) is 0 Å². The number of nitrogens with one attached hydrogen (secondary N) is 1. The minimum Gasteiger partial charge on any atom is -0.316 e. The first-order valence-electron chi connectivity index (χ1n) is 4.70. The maximum atomic E-state index is 3.47. The van der Waals surface area contributed by atoms with Gasteiger partial charge >= 0.3 is 0 Å². The van der Waals surface area contributed by atoms with Gasteiger partial charge in [-0.2, -0.15) is 0 Å². The molecule has 2 heteroatoms. The van der Waals surface area contributed by atoms with Gasteiger partial charge in [0, 0.05) is 12.6 Å². The van der Waals surface area contributed by atoms with Gasteiger partial charge in [-0.25, -0.2) is 0 Å². The molecule has 0 aromatic heterocycles. The summed E-state index contributed by atoms with van der Waals surface area (Å²) in [5.74, 6) is 1.91. The summed E-state index contributed by atoms with van der Waals surface area (Å²) in [4.78, 5) is 2.50. The highest BCUT2D eigenvalue weighted by Gasteiger charge is 2.37. The van der Waals surface area contributed by atoms with Crippen molar-refractivity contribution < 1.29 is 0 Å². The van der Waals surface area contributed by atoms with Gasteiger partial charge in [-0.1, -0.05) is 0 Å². The first-order valence-corrected chi connectivity index (χ1v) is 4.70. The summed E-state index contributed by atoms with van der Waals surface area (Å²) in [6, 6.07) is 0.821. The van der Waals surface area contributed by atoms with Crippen LogP contribution in [-0.2, 0) is 0 Å². The molecule has 0 amide bonds. The maximum Gasteiger partial charge on any atom is 0.00963 e. The molecule has 0 aromatic carbocycles. The second kappa shape index (κ2) is 2.76. The van der Waals surface area contributed by atoms with Crippen molar-refractivity contribution in [2.24, 2.45) is 11.8 Å². The molecule has 0 saturated carbocycles. The molecule has 3 unspecified atom stereocenters. The fourth-order valence-electron chi connectivity index (χ4n) is 2.64. The number of piperidine rings is 1. The standard InChI is InChI=1S/C9H18N2/c1-7-9-3-4-10-5-8(9)6-11(7)2/h7-10H,3-6H2,1-2H3. The van der Waals surface area contributed by atoms with E-state index in [-0.39, 0.29) is 0 Å². The molecule has 2 saturated heterocycles. The van der Waals surface area contributed by atoms with E-state index in [0.717, 1.165) is 17.9 Å². The third-order valence-corrected chi connectivity index (χ3v) is 3.50. The quantitative estimate of drug-likeness (QED) is 0.548. The molecule has 2 fully saturated rings. The van der Waals surface area contributed by atoms with Crippen LogP contribution in [0.15, 0.2) is 0 Å². The molecule has 2 nitrogen and oxygen atoms in total. The molecular formula is C9H18N2. The largest absolute Gasteiger partial charge is 0.316 e. The Hall–Kier alpha value is -0.0800. The Morgan fingerprint density at radius 2 is 2.27 bits per heavy atom. The summed E-state index contributed by atoms with van der Waals surface area (Å²) in [5.41, 5.74) is 0. The molecule has 64 valence electrons. The van der Waals surface area contributed by atoms with Gasteiger partial charge in [0.15, 0.2) is 0 Å². The second-order valence-corrected chi connectivity index (χ2v) is 4.10. The Morgan fingerprint density at radius 1 is 1.45 bits per heavy atom. The molecule has 2 aliphatic rings. The van der Waals surface area contributed by atoms with Crippen LogP contribution in [0, 0.1) is 11.8 Å². The van der Waals surface area contributed by atoms with Crippen LogP contribution in [0.5, 0.6) is 0 Å². The fourth-order valence-corrected chi connectivity index (χ4v) is 2.64. The number of hydrogen-bond acceptors (Lipinski definition) is 2. The Kier molecular flexibility index (Phi) is 1.90. The Bertz CT molecular complexity index is 146. The van der Waals surface area contributed by atoms with E-state index in [2.05, 4.69) is 24.2 Å². The predicted molar refractivity (Wildman–Crippen MR) is 46.6 cm³/mol. The van der Waals surface area contributed by atoms with Crippen molar-refractivity contribution in [2.45, 2.75) is 19.4 Å². The summed E-state index contributed by atoms with van der Waals surface area (Å²) in [7, 11) is 2.25. The average Bonchev–Trinajstić information content (AvgIpc) is 2.30. The van der Waals surface area contributed by atoms with Crippen molar-refractivity contribution in [1.82, 2.24) is 10.2 Å². The first-order chi connectivity index (χ1) is 5.29. The summed E-state index contributed by atoms with van der Waals surface area (Å²) in [6.07, 6.45) is 1.39. The highest BCUT2D eigenvalue weighted by Crippen LogP contribution is 2.32. The van der Waals surface area contributed by atoms with Gasteiger partial charge in [-0.05, 0) is 45.3 Å². The maximum absolute atomic E-state index is 3.47. The second-order valence-electron chi connectivity index (χ2n) is 4.10. The lowest BCUT2D eigenvalue weighted by Gasteiger charge is -2.27. The molecule has 0 aromatic rings. The number of nitrogens with zero attached hydrogens (tertiary/aromatic N) is 1. The smallest absolute Gasteiger partial charge is 0.00963 e. The molecule has 11 heavy (non-hydrogen) atoms. The van der Waals surface area contributed by atoms with Crippen LogP contribution in [0.1, 0.15) is 13.3 Å². The minimum atomic E-state index is 0.821. The third kappa shape index (κ3) is 1.18. The molecule has 0 bridgehead atoms. The number of rotatable bonds is 0. The monoisotopic (exact) mass is 154 g/mol. The minimum absolute atomic E-state index is 0.821. The molecule has 2 aliphatic heterocycles. The van der Waals surface area contributed by atoms with Gasteiger partial charge in [0.1, 0.15) is 0 Å². The lowest BCUT2D eigenvalue weighted by Crippen LogP contribution is -2.37. The van der Waals surface area contributed by atoms with Gasteiger partial charge in [0.05, 0.1) is 0 Å². The molecule has 2 heterocycles. The van der Waals surface area contributed by atoms with E-state index in [0.29, 0.717) is 0 Å². The summed E-state index contributed by atoms with van der Waals surface area (Å²) < 4.78 is 0. The molecule has 0 aliphatic carbocycles. The molecule has 3 atom stereocenters. The Labute approximate surface area is 69.0 Å². The van der Waals surface area contributed by atoms with Crippen molar-refractivity contribution in [2.75, 3.05) is 26.7 Å². The van der Waals surface area contributed by atoms with Crippen LogP contribution >= 0.6 is 0 Å². The zero-order chi connectivity index (χ0) is 7.84. The SMILES string of the molecule is CC1C2CCNCC2CN1C. The number of fused-ring (bicyclic) bond motifs is 1. The number of hydrogen-bond donors (Lipinski definition) is 1. The van der Waals surface area contributed by atoms with E-state index < -0.39 is 0 Å². The van der Waals surface area contributed by atoms with Gasteiger partial charge in [0.2, 0.25) is 0 Å². The number of likely N-dealkylation sites (tertiary alicyclic amines) is 1. The van der Waals surface area contributed by atoms with E-state index >= 15 is 0 Å². The predicted octanol–water partition coefficient (Wildman–Crippen LogP) is 0.546. The van der Waals surface area contributed by atoms with E-state index in [9.17, 15) is 0 Å².